The van der Waals surface area contributed by atoms with Gasteiger partial charge in [0.1, 0.15) is 11.6 Å². The second-order valence-corrected chi connectivity index (χ2v) is 9.98. The smallest absolute Gasteiger partial charge is 0.253 e. The van der Waals surface area contributed by atoms with Crippen LogP contribution < -0.4 is 4.74 Å². The molecule has 4 aromatic rings. The zero-order valence-corrected chi connectivity index (χ0v) is 22.3. The summed E-state index contributed by atoms with van der Waals surface area (Å²) in [4.78, 5) is 17.2. The van der Waals surface area contributed by atoms with Gasteiger partial charge in [0.05, 0.1) is 12.8 Å². The summed E-state index contributed by atoms with van der Waals surface area (Å²) in [6.45, 7) is 6.50. The topological polar surface area (TPSA) is 63.5 Å². The first kappa shape index (κ1) is 25.9. The van der Waals surface area contributed by atoms with Gasteiger partial charge >= 0.3 is 0 Å². The Labute approximate surface area is 226 Å². The molecule has 0 atom stereocenters. The number of amides is 1. The van der Waals surface area contributed by atoms with Gasteiger partial charge in [-0.3, -0.25) is 9.36 Å². The standard InChI is InChI=1S/C29H30FN5O2S/c1-3-33-15-17-34(18-16-33)28(36)22-13-11-21(12-14-22)20-38-29-32-31-27(23-7-6-8-24(19-23)37-2)35(29)26-10-5-4-9-25(26)30/h4-14,19H,3,15-18,20H2,1-2H3. The number of para-hydroxylation sites is 1. The minimum Gasteiger partial charge on any atom is -0.497 e. The molecule has 0 unspecified atom stereocenters. The molecule has 1 aliphatic heterocycles. The average molecular weight is 532 g/mol. The summed E-state index contributed by atoms with van der Waals surface area (Å²) in [7, 11) is 1.60. The van der Waals surface area contributed by atoms with Crippen LogP contribution in [0.5, 0.6) is 5.75 Å². The van der Waals surface area contributed by atoms with E-state index >= 15 is 0 Å². The summed E-state index contributed by atoms with van der Waals surface area (Å²) in [5.41, 5.74) is 2.88. The van der Waals surface area contributed by atoms with Crippen molar-refractivity contribution < 1.29 is 13.9 Å². The molecule has 9 heteroatoms. The molecule has 1 fully saturated rings. The van der Waals surface area contributed by atoms with E-state index in [-0.39, 0.29) is 11.7 Å². The molecule has 7 nitrogen and oxygen atoms in total. The number of benzene rings is 3. The van der Waals surface area contributed by atoms with E-state index in [4.69, 9.17) is 4.74 Å². The van der Waals surface area contributed by atoms with Crippen molar-refractivity contribution >= 4 is 17.7 Å². The number of carbonyl (C=O) groups is 1. The van der Waals surface area contributed by atoms with Gasteiger partial charge < -0.3 is 14.5 Å². The Morgan fingerprint density at radius 1 is 0.974 bits per heavy atom. The highest BCUT2D eigenvalue weighted by Gasteiger charge is 2.22. The van der Waals surface area contributed by atoms with Crippen molar-refractivity contribution in [3.63, 3.8) is 0 Å². The molecular formula is C29H30FN5O2S. The summed E-state index contributed by atoms with van der Waals surface area (Å²) in [5.74, 6) is 1.51. The molecule has 0 bridgehead atoms. The molecule has 1 aromatic heterocycles. The lowest BCUT2D eigenvalue weighted by Gasteiger charge is -2.34. The lowest BCUT2D eigenvalue weighted by Crippen LogP contribution is -2.48. The van der Waals surface area contributed by atoms with E-state index < -0.39 is 0 Å². The van der Waals surface area contributed by atoms with Crippen molar-refractivity contribution in [3.8, 4) is 22.8 Å². The fourth-order valence-corrected chi connectivity index (χ4v) is 5.40. The predicted octanol–water partition coefficient (Wildman–Crippen LogP) is 5.15. The number of rotatable bonds is 8. The van der Waals surface area contributed by atoms with Gasteiger partial charge in [-0.1, -0.05) is 55.1 Å². The van der Waals surface area contributed by atoms with Gasteiger partial charge in [0, 0.05) is 43.1 Å². The third-order valence-corrected chi connectivity index (χ3v) is 7.73. The second-order valence-electron chi connectivity index (χ2n) is 9.04. The Morgan fingerprint density at radius 3 is 2.45 bits per heavy atom. The van der Waals surface area contributed by atoms with Crippen LogP contribution in [0.15, 0.2) is 78.0 Å². The van der Waals surface area contributed by atoms with E-state index in [2.05, 4.69) is 22.0 Å². The minimum atomic E-state index is -0.360. The van der Waals surface area contributed by atoms with E-state index in [0.29, 0.717) is 33.7 Å². The Morgan fingerprint density at radius 2 is 1.74 bits per heavy atom. The van der Waals surface area contributed by atoms with Crippen LogP contribution in [-0.2, 0) is 5.75 Å². The molecule has 0 spiro atoms. The van der Waals surface area contributed by atoms with Gasteiger partial charge in [-0.05, 0) is 48.5 Å². The number of aromatic nitrogens is 3. The molecule has 1 aliphatic rings. The van der Waals surface area contributed by atoms with Crippen molar-refractivity contribution in [2.75, 3.05) is 39.8 Å². The number of piperazine rings is 1. The maximum absolute atomic E-state index is 14.9. The van der Waals surface area contributed by atoms with Gasteiger partial charge in [0.25, 0.3) is 5.91 Å². The van der Waals surface area contributed by atoms with Crippen molar-refractivity contribution in [2.24, 2.45) is 0 Å². The first-order valence-electron chi connectivity index (χ1n) is 12.7. The third kappa shape index (κ3) is 5.58. The lowest BCUT2D eigenvalue weighted by molar-refractivity contribution is 0.0643. The van der Waals surface area contributed by atoms with Crippen LogP contribution in [0.2, 0.25) is 0 Å². The minimum absolute atomic E-state index is 0.0715. The van der Waals surface area contributed by atoms with Gasteiger partial charge in [-0.25, -0.2) is 4.39 Å². The number of hydrogen-bond donors (Lipinski definition) is 0. The van der Waals surface area contributed by atoms with E-state index in [1.807, 2.05) is 53.4 Å². The number of methoxy groups -OCH3 is 1. The molecule has 1 saturated heterocycles. The van der Waals surface area contributed by atoms with Crippen LogP contribution in [0.1, 0.15) is 22.8 Å². The van der Waals surface area contributed by atoms with Crippen molar-refractivity contribution in [1.29, 1.82) is 0 Å². The fourth-order valence-electron chi connectivity index (χ4n) is 4.50. The molecule has 0 N–H and O–H groups in total. The molecule has 1 amide bonds. The Kier molecular flexibility index (Phi) is 8.05. The molecule has 0 saturated carbocycles. The van der Waals surface area contributed by atoms with Gasteiger partial charge in [0.15, 0.2) is 11.0 Å². The number of thioether (sulfide) groups is 1. The number of halogens is 1. The van der Waals surface area contributed by atoms with E-state index in [0.717, 1.165) is 43.9 Å². The molecule has 0 aliphatic carbocycles. The number of likely N-dealkylation sites (N-methyl/N-ethyl adjacent to an activating group) is 1. The highest BCUT2D eigenvalue weighted by Crippen LogP contribution is 2.32. The van der Waals surface area contributed by atoms with Crippen molar-refractivity contribution in [3.05, 3.63) is 89.7 Å². The molecule has 2 heterocycles. The maximum Gasteiger partial charge on any atom is 0.253 e. The molecule has 5 rings (SSSR count). The van der Waals surface area contributed by atoms with Crippen LogP contribution in [-0.4, -0.2) is 70.3 Å². The first-order valence-corrected chi connectivity index (χ1v) is 13.6. The average Bonchev–Trinajstić information content (AvgIpc) is 3.40. The van der Waals surface area contributed by atoms with E-state index in [1.165, 1.54) is 17.8 Å². The number of nitrogens with zero attached hydrogens (tertiary/aromatic N) is 5. The van der Waals surface area contributed by atoms with Crippen molar-refractivity contribution in [2.45, 2.75) is 17.8 Å². The highest BCUT2D eigenvalue weighted by atomic mass is 32.2. The van der Waals surface area contributed by atoms with Crippen LogP contribution in [0.25, 0.3) is 17.1 Å². The van der Waals surface area contributed by atoms with Crippen LogP contribution in [0, 0.1) is 5.82 Å². The summed E-state index contributed by atoms with van der Waals surface area (Å²) in [5, 5.41) is 9.38. The van der Waals surface area contributed by atoms with Crippen LogP contribution in [0.3, 0.4) is 0 Å². The number of ether oxygens (including phenoxy) is 1. The lowest BCUT2D eigenvalue weighted by atomic mass is 10.1. The number of carbonyl (C=O) groups excluding carboxylic acids is 1. The largest absolute Gasteiger partial charge is 0.497 e. The summed E-state index contributed by atoms with van der Waals surface area (Å²) in [6, 6.07) is 21.8. The molecule has 3 aromatic carbocycles. The second kappa shape index (κ2) is 11.8. The number of hydrogen-bond acceptors (Lipinski definition) is 6. The summed E-state index contributed by atoms with van der Waals surface area (Å²) in [6.07, 6.45) is 0. The Hall–Kier alpha value is -3.69. The Bertz CT molecular complexity index is 1400. The zero-order chi connectivity index (χ0) is 26.5. The highest BCUT2D eigenvalue weighted by molar-refractivity contribution is 7.98. The first-order chi connectivity index (χ1) is 18.6. The molecular weight excluding hydrogens is 501 g/mol. The predicted molar refractivity (Wildman–Crippen MR) is 147 cm³/mol. The SMILES string of the molecule is CCN1CCN(C(=O)c2ccc(CSc3nnc(-c4cccc(OC)c4)n3-c3ccccc3F)cc2)CC1. The van der Waals surface area contributed by atoms with Crippen LogP contribution >= 0.6 is 11.8 Å². The third-order valence-electron chi connectivity index (χ3n) is 6.73. The van der Waals surface area contributed by atoms with Crippen molar-refractivity contribution in [1.82, 2.24) is 24.6 Å². The van der Waals surface area contributed by atoms with Gasteiger partial charge in [-0.15, -0.1) is 10.2 Å². The van der Waals surface area contributed by atoms with Gasteiger partial charge in [0.2, 0.25) is 0 Å². The summed E-state index contributed by atoms with van der Waals surface area (Å²) < 4.78 is 22.0. The molecule has 196 valence electrons. The van der Waals surface area contributed by atoms with E-state index in [9.17, 15) is 9.18 Å². The van der Waals surface area contributed by atoms with Gasteiger partial charge in [-0.2, -0.15) is 0 Å². The van der Waals surface area contributed by atoms with E-state index in [1.54, 1.807) is 29.9 Å². The molecule has 38 heavy (non-hydrogen) atoms. The Balaban J connectivity index is 1.35. The zero-order valence-electron chi connectivity index (χ0n) is 21.5. The van der Waals surface area contributed by atoms with Crippen LogP contribution in [0.4, 0.5) is 4.39 Å². The summed E-state index contributed by atoms with van der Waals surface area (Å²) >= 11 is 1.46. The maximum atomic E-state index is 14.9. The quantitative estimate of drug-likeness (QED) is 0.293. The molecule has 0 radical (unpaired) electrons. The fraction of sp³-hybridized carbons (Fsp3) is 0.276. The monoisotopic (exact) mass is 531 g/mol. The normalized spacial score (nSPS) is 14.0.